The zero-order chi connectivity index (χ0) is 13.5. The van der Waals surface area contributed by atoms with E-state index in [-0.39, 0.29) is 0 Å². The third kappa shape index (κ3) is 4.51. The number of benzene rings is 1. The fourth-order valence-electron chi connectivity index (χ4n) is 2.49. The van der Waals surface area contributed by atoms with Crippen molar-refractivity contribution in [1.82, 2.24) is 4.90 Å². The van der Waals surface area contributed by atoms with Gasteiger partial charge in [0.1, 0.15) is 5.75 Å². The molecule has 0 spiro atoms. The van der Waals surface area contributed by atoms with Gasteiger partial charge in [0, 0.05) is 13.2 Å². The van der Waals surface area contributed by atoms with Gasteiger partial charge < -0.3 is 14.7 Å². The minimum absolute atomic E-state index is 0.304. The van der Waals surface area contributed by atoms with E-state index in [4.69, 9.17) is 9.84 Å². The highest BCUT2D eigenvalue weighted by Crippen LogP contribution is 2.25. The molecule has 3 nitrogen and oxygen atoms in total. The molecule has 0 amide bonds. The molecule has 1 aromatic carbocycles. The van der Waals surface area contributed by atoms with Crippen LogP contribution in [0.3, 0.4) is 0 Å². The molecule has 1 heterocycles. The predicted molar refractivity (Wildman–Crippen MR) is 77.8 cm³/mol. The average molecular weight is 263 g/mol. The number of nitrogens with zero attached hydrogens (tertiary/aromatic N) is 1. The third-order valence-electron chi connectivity index (χ3n) is 3.70. The van der Waals surface area contributed by atoms with Crippen LogP contribution < -0.4 is 4.74 Å². The zero-order valence-corrected chi connectivity index (χ0v) is 11.9. The Morgan fingerprint density at radius 1 is 1.26 bits per heavy atom. The van der Waals surface area contributed by atoms with Gasteiger partial charge in [0.15, 0.2) is 0 Å². The monoisotopic (exact) mass is 263 g/mol. The maximum Gasteiger partial charge on any atom is 0.122 e. The van der Waals surface area contributed by atoms with Gasteiger partial charge in [0.25, 0.3) is 0 Å². The van der Waals surface area contributed by atoms with Crippen LogP contribution in [0.5, 0.6) is 5.75 Å². The summed E-state index contributed by atoms with van der Waals surface area (Å²) in [5.74, 6) is 1.08. The lowest BCUT2D eigenvalue weighted by Gasteiger charge is -2.19. The Balaban J connectivity index is 1.79. The lowest BCUT2D eigenvalue weighted by Crippen LogP contribution is -2.22. The van der Waals surface area contributed by atoms with Crippen molar-refractivity contribution >= 4 is 0 Å². The molecule has 1 aromatic rings. The van der Waals surface area contributed by atoms with Gasteiger partial charge in [-0.2, -0.15) is 0 Å². The summed E-state index contributed by atoms with van der Waals surface area (Å²) in [6, 6.07) is 6.61. The molecule has 0 bridgehead atoms. The topological polar surface area (TPSA) is 32.7 Å². The molecule has 0 aromatic heterocycles. The number of fused-ring (bicyclic) bond motifs is 1. The summed E-state index contributed by atoms with van der Waals surface area (Å²) in [4.78, 5) is 2.34. The van der Waals surface area contributed by atoms with Gasteiger partial charge >= 0.3 is 0 Å². The van der Waals surface area contributed by atoms with Crippen LogP contribution in [0.25, 0.3) is 0 Å². The first-order valence-corrected chi connectivity index (χ1v) is 7.33. The number of aryl methyl sites for hydroxylation is 1. The molecule has 0 aliphatic carbocycles. The average Bonchev–Trinajstić information content (AvgIpc) is 2.45. The predicted octanol–water partition coefficient (Wildman–Crippen LogP) is 2.26. The quantitative estimate of drug-likeness (QED) is 0.766. The van der Waals surface area contributed by atoms with Crippen molar-refractivity contribution < 1.29 is 9.84 Å². The van der Waals surface area contributed by atoms with Crippen molar-refractivity contribution in [2.75, 3.05) is 33.4 Å². The summed E-state index contributed by atoms with van der Waals surface area (Å²) in [6.07, 6.45) is 5.35. The Hall–Kier alpha value is -1.06. The van der Waals surface area contributed by atoms with Crippen LogP contribution in [0, 0.1) is 0 Å². The van der Waals surface area contributed by atoms with E-state index in [0.717, 1.165) is 57.6 Å². The fourth-order valence-corrected chi connectivity index (χ4v) is 2.49. The SMILES string of the molecule is CN(CCCCO)CCc1ccc2c(c1)CCCO2. The zero-order valence-electron chi connectivity index (χ0n) is 11.9. The van der Waals surface area contributed by atoms with Crippen LogP contribution in [0.4, 0.5) is 0 Å². The van der Waals surface area contributed by atoms with Gasteiger partial charge in [0.2, 0.25) is 0 Å². The van der Waals surface area contributed by atoms with E-state index in [1.807, 2.05) is 0 Å². The lowest BCUT2D eigenvalue weighted by molar-refractivity contribution is 0.264. The highest BCUT2D eigenvalue weighted by molar-refractivity contribution is 5.38. The first-order valence-electron chi connectivity index (χ1n) is 7.33. The summed E-state index contributed by atoms with van der Waals surface area (Å²) < 4.78 is 5.64. The molecule has 0 fully saturated rings. The van der Waals surface area contributed by atoms with Crippen molar-refractivity contribution in [2.45, 2.75) is 32.1 Å². The van der Waals surface area contributed by atoms with Crippen LogP contribution in [0.15, 0.2) is 18.2 Å². The number of rotatable bonds is 7. The number of hydrogen-bond acceptors (Lipinski definition) is 3. The van der Waals surface area contributed by atoms with Gasteiger partial charge in [-0.1, -0.05) is 12.1 Å². The van der Waals surface area contributed by atoms with Gasteiger partial charge in [-0.25, -0.2) is 0 Å². The molecule has 0 atom stereocenters. The van der Waals surface area contributed by atoms with Crippen LogP contribution in [0.2, 0.25) is 0 Å². The molecule has 106 valence electrons. The van der Waals surface area contributed by atoms with Crippen molar-refractivity contribution in [3.8, 4) is 5.75 Å². The third-order valence-corrected chi connectivity index (χ3v) is 3.70. The number of ether oxygens (including phenoxy) is 1. The van der Waals surface area contributed by atoms with Crippen LogP contribution in [-0.4, -0.2) is 43.4 Å². The molecular formula is C16H25NO2. The summed E-state index contributed by atoms with van der Waals surface area (Å²) in [5.41, 5.74) is 2.77. The highest BCUT2D eigenvalue weighted by Gasteiger charge is 2.10. The lowest BCUT2D eigenvalue weighted by atomic mass is 10.0. The highest BCUT2D eigenvalue weighted by atomic mass is 16.5. The number of likely N-dealkylation sites (N-methyl/N-ethyl adjacent to an activating group) is 1. The maximum atomic E-state index is 8.77. The number of unbranched alkanes of at least 4 members (excludes halogenated alkanes) is 1. The van der Waals surface area contributed by atoms with E-state index in [0.29, 0.717) is 6.61 Å². The Morgan fingerprint density at radius 3 is 3.00 bits per heavy atom. The number of aliphatic hydroxyl groups excluding tert-OH is 1. The van der Waals surface area contributed by atoms with Crippen LogP contribution >= 0.6 is 0 Å². The van der Waals surface area contributed by atoms with Crippen molar-refractivity contribution in [2.24, 2.45) is 0 Å². The first kappa shape index (κ1) is 14.4. The molecule has 19 heavy (non-hydrogen) atoms. The number of hydrogen-bond donors (Lipinski definition) is 1. The summed E-state index contributed by atoms with van der Waals surface area (Å²) in [5, 5.41) is 8.77. The minimum atomic E-state index is 0.304. The molecular weight excluding hydrogens is 238 g/mol. The normalized spacial score (nSPS) is 14.3. The van der Waals surface area contributed by atoms with Crippen LogP contribution in [-0.2, 0) is 12.8 Å². The van der Waals surface area contributed by atoms with Crippen molar-refractivity contribution in [3.05, 3.63) is 29.3 Å². The number of aliphatic hydroxyl groups is 1. The van der Waals surface area contributed by atoms with E-state index in [1.54, 1.807) is 0 Å². The molecule has 0 saturated carbocycles. The molecule has 0 unspecified atom stereocenters. The second kappa shape index (κ2) is 7.51. The minimum Gasteiger partial charge on any atom is -0.493 e. The van der Waals surface area contributed by atoms with Gasteiger partial charge in [-0.15, -0.1) is 0 Å². The Kier molecular flexibility index (Phi) is 5.67. The fraction of sp³-hybridized carbons (Fsp3) is 0.625. The smallest absolute Gasteiger partial charge is 0.122 e. The Morgan fingerprint density at radius 2 is 2.16 bits per heavy atom. The summed E-state index contributed by atoms with van der Waals surface area (Å²) in [6.45, 7) is 3.30. The van der Waals surface area contributed by atoms with Crippen molar-refractivity contribution in [1.29, 1.82) is 0 Å². The van der Waals surface area contributed by atoms with E-state index < -0.39 is 0 Å². The molecule has 1 aliphatic rings. The maximum absolute atomic E-state index is 8.77. The van der Waals surface area contributed by atoms with E-state index in [2.05, 4.69) is 30.1 Å². The molecule has 2 rings (SSSR count). The largest absolute Gasteiger partial charge is 0.493 e. The summed E-state index contributed by atoms with van der Waals surface area (Å²) in [7, 11) is 2.15. The molecule has 0 radical (unpaired) electrons. The molecule has 1 N–H and O–H groups in total. The Bertz CT molecular complexity index is 392. The molecule has 3 heteroatoms. The first-order chi connectivity index (χ1) is 9.29. The van der Waals surface area contributed by atoms with Gasteiger partial charge in [-0.3, -0.25) is 0 Å². The molecule has 1 aliphatic heterocycles. The second-order valence-corrected chi connectivity index (χ2v) is 5.38. The van der Waals surface area contributed by atoms with Crippen molar-refractivity contribution in [3.63, 3.8) is 0 Å². The van der Waals surface area contributed by atoms with E-state index in [1.165, 1.54) is 11.1 Å². The van der Waals surface area contributed by atoms with E-state index >= 15 is 0 Å². The van der Waals surface area contributed by atoms with Gasteiger partial charge in [0.05, 0.1) is 6.61 Å². The van der Waals surface area contributed by atoms with Gasteiger partial charge in [-0.05, 0) is 62.9 Å². The Labute approximate surface area is 116 Å². The summed E-state index contributed by atoms with van der Waals surface area (Å²) >= 11 is 0. The molecule has 0 saturated heterocycles. The standard InChI is InChI=1S/C16H25NO2/c1-17(9-2-3-11-18)10-8-14-6-7-16-15(13-14)5-4-12-19-16/h6-7,13,18H,2-5,8-12H2,1H3. The van der Waals surface area contributed by atoms with E-state index in [9.17, 15) is 0 Å². The van der Waals surface area contributed by atoms with Crippen LogP contribution in [0.1, 0.15) is 30.4 Å². The second-order valence-electron chi connectivity index (χ2n) is 5.38.